The Hall–Kier alpha value is -0.340. The molecule has 0 amide bonds. The monoisotopic (exact) mass is 347 g/mol. The van der Waals surface area contributed by atoms with E-state index in [1.54, 1.807) is 6.42 Å². The van der Waals surface area contributed by atoms with E-state index in [1.807, 2.05) is 0 Å². The first-order chi connectivity index (χ1) is 10.2. The van der Waals surface area contributed by atoms with Gasteiger partial charge >= 0.3 is 0 Å². The van der Waals surface area contributed by atoms with Crippen LogP contribution in [0.2, 0.25) is 0 Å². The van der Waals surface area contributed by atoms with Gasteiger partial charge in [-0.25, -0.2) is 0 Å². The lowest BCUT2D eigenvalue weighted by atomic mass is 9.54. The second-order valence-electron chi connectivity index (χ2n) is 7.64. The van der Waals surface area contributed by atoms with E-state index in [4.69, 9.17) is 0 Å². The molecule has 4 bridgehead atoms. The Kier molecular flexibility index (Phi) is 3.87. The molecule has 0 spiro atoms. The summed E-state index contributed by atoms with van der Waals surface area (Å²) in [5.41, 5.74) is 1.45. The van der Waals surface area contributed by atoms with Crippen LogP contribution in [0.25, 0.3) is 0 Å². The van der Waals surface area contributed by atoms with Crippen molar-refractivity contribution in [2.45, 2.75) is 57.5 Å². The average molecular weight is 348 g/mol. The Morgan fingerprint density at radius 1 is 1.10 bits per heavy atom. The molecule has 4 fully saturated rings. The van der Waals surface area contributed by atoms with Gasteiger partial charge < -0.3 is 5.32 Å². The normalized spacial score (nSPS) is 38.7. The topological polar surface area (TPSA) is 12.0 Å². The summed E-state index contributed by atoms with van der Waals surface area (Å²) in [6.07, 6.45) is 8.72. The third-order valence-corrected chi connectivity index (χ3v) is 6.77. The van der Waals surface area contributed by atoms with Crippen molar-refractivity contribution in [1.82, 2.24) is 5.32 Å². The van der Waals surface area contributed by atoms with Crippen molar-refractivity contribution in [3.63, 3.8) is 0 Å². The lowest BCUT2D eigenvalue weighted by molar-refractivity contribution is -0.0180. The van der Waals surface area contributed by atoms with Crippen LogP contribution in [0.4, 0.5) is 0 Å². The summed E-state index contributed by atoms with van der Waals surface area (Å²) in [5, 5.41) is 4.07. The van der Waals surface area contributed by atoms with Crippen molar-refractivity contribution < 1.29 is 0 Å². The van der Waals surface area contributed by atoms with Crippen molar-refractivity contribution in [3.05, 3.63) is 34.3 Å². The van der Waals surface area contributed by atoms with E-state index >= 15 is 0 Å². The van der Waals surface area contributed by atoms with Gasteiger partial charge in [0.15, 0.2) is 0 Å². The zero-order valence-corrected chi connectivity index (χ0v) is 14.5. The first kappa shape index (κ1) is 14.3. The molecule has 4 aliphatic carbocycles. The van der Waals surface area contributed by atoms with Crippen LogP contribution in [0.5, 0.6) is 0 Å². The zero-order valence-electron chi connectivity index (χ0n) is 12.9. The Bertz CT molecular complexity index is 484. The van der Waals surface area contributed by atoms with Crippen LogP contribution in [0.3, 0.4) is 0 Å². The molecule has 0 heterocycles. The van der Waals surface area contributed by atoms with Crippen LogP contribution < -0.4 is 5.32 Å². The Morgan fingerprint density at radius 3 is 2.33 bits per heavy atom. The van der Waals surface area contributed by atoms with Crippen molar-refractivity contribution in [3.8, 4) is 0 Å². The predicted molar refractivity (Wildman–Crippen MR) is 91.1 cm³/mol. The summed E-state index contributed by atoms with van der Waals surface area (Å²) in [6, 6.07) is 10.2. The minimum atomic E-state index is 0.519. The second-order valence-corrected chi connectivity index (χ2v) is 8.55. The highest BCUT2D eigenvalue weighted by Gasteiger charge is 2.48. The Labute approximate surface area is 137 Å². The molecule has 1 aromatic carbocycles. The molecule has 1 N–H and O–H groups in total. The van der Waals surface area contributed by atoms with Crippen LogP contribution in [0, 0.1) is 23.7 Å². The number of hydrogen-bond acceptors (Lipinski definition) is 1. The molecular formula is C19H26BrN. The van der Waals surface area contributed by atoms with Gasteiger partial charge in [0.2, 0.25) is 0 Å². The van der Waals surface area contributed by atoms with E-state index in [2.05, 4.69) is 52.4 Å². The predicted octanol–water partition coefficient (Wildman–Crippen LogP) is 5.31. The number of halogens is 1. The minimum Gasteiger partial charge on any atom is -0.307 e. The molecule has 0 saturated heterocycles. The van der Waals surface area contributed by atoms with E-state index < -0.39 is 0 Å². The first-order valence-electron chi connectivity index (χ1n) is 8.74. The van der Waals surface area contributed by atoms with Gasteiger partial charge in [-0.05, 0) is 79.9 Å². The Morgan fingerprint density at radius 2 is 1.76 bits per heavy atom. The maximum Gasteiger partial charge on any atom is 0.0320 e. The summed E-state index contributed by atoms with van der Waals surface area (Å²) in [5.74, 6) is 4.05. The largest absolute Gasteiger partial charge is 0.307 e. The molecule has 1 atom stereocenters. The van der Waals surface area contributed by atoms with Crippen LogP contribution in [0.1, 0.15) is 57.1 Å². The third-order valence-electron chi connectivity index (χ3n) is 6.28. The summed E-state index contributed by atoms with van der Waals surface area (Å²) in [6.45, 7) is 2.31. The van der Waals surface area contributed by atoms with Gasteiger partial charge in [-0.3, -0.25) is 0 Å². The molecule has 4 aliphatic rings. The molecule has 1 nitrogen and oxygen atoms in total. The highest BCUT2D eigenvalue weighted by atomic mass is 79.9. The van der Waals surface area contributed by atoms with Gasteiger partial charge in [-0.2, -0.15) is 0 Å². The molecule has 4 saturated carbocycles. The molecule has 0 radical (unpaired) electrons. The smallest absolute Gasteiger partial charge is 0.0320 e. The highest BCUT2D eigenvalue weighted by molar-refractivity contribution is 9.10. The summed E-state index contributed by atoms with van der Waals surface area (Å²) in [4.78, 5) is 0. The third kappa shape index (κ3) is 2.70. The fourth-order valence-corrected chi connectivity index (χ4v) is 6.02. The van der Waals surface area contributed by atoms with Crippen LogP contribution in [0.15, 0.2) is 28.7 Å². The lowest BCUT2D eigenvalue weighted by Gasteiger charge is -2.55. The standard InChI is InChI=1S/C19H26BrN/c1-2-18(14-4-3-5-17(20)11-14)21-19-15-7-12-6-13(9-15)10-16(19)8-12/h3-5,11-13,15-16,18-19,21H,2,6-10H2,1H3. The average Bonchev–Trinajstić information content (AvgIpc) is 2.46. The van der Waals surface area contributed by atoms with E-state index in [0.29, 0.717) is 6.04 Å². The molecule has 5 rings (SSSR count). The van der Waals surface area contributed by atoms with Gasteiger partial charge in [-0.1, -0.05) is 35.0 Å². The van der Waals surface area contributed by atoms with Gasteiger partial charge in [0.05, 0.1) is 0 Å². The van der Waals surface area contributed by atoms with Crippen molar-refractivity contribution >= 4 is 15.9 Å². The molecule has 21 heavy (non-hydrogen) atoms. The SMILES string of the molecule is CCC(NC1C2CC3CC(C2)CC1C3)c1cccc(Br)c1. The van der Waals surface area contributed by atoms with Crippen LogP contribution in [-0.4, -0.2) is 6.04 Å². The fraction of sp³-hybridized carbons (Fsp3) is 0.684. The maximum atomic E-state index is 4.07. The number of hydrogen-bond donors (Lipinski definition) is 1. The lowest BCUT2D eigenvalue weighted by Crippen LogP contribution is -2.55. The number of rotatable bonds is 4. The number of benzene rings is 1. The van der Waals surface area contributed by atoms with Gasteiger partial charge in [-0.15, -0.1) is 0 Å². The molecule has 0 aliphatic heterocycles. The van der Waals surface area contributed by atoms with E-state index in [-0.39, 0.29) is 0 Å². The Balaban J connectivity index is 1.51. The molecular weight excluding hydrogens is 322 g/mol. The summed E-state index contributed by atoms with van der Waals surface area (Å²) in [7, 11) is 0. The summed E-state index contributed by atoms with van der Waals surface area (Å²) < 4.78 is 1.20. The van der Waals surface area contributed by atoms with E-state index in [0.717, 1.165) is 29.7 Å². The van der Waals surface area contributed by atoms with Crippen molar-refractivity contribution in [1.29, 1.82) is 0 Å². The minimum absolute atomic E-state index is 0.519. The molecule has 114 valence electrons. The van der Waals surface area contributed by atoms with E-state index in [1.165, 1.54) is 42.1 Å². The van der Waals surface area contributed by atoms with E-state index in [9.17, 15) is 0 Å². The van der Waals surface area contributed by atoms with Gasteiger partial charge in [0.1, 0.15) is 0 Å². The zero-order chi connectivity index (χ0) is 14.4. The molecule has 0 aromatic heterocycles. The summed E-state index contributed by atoms with van der Waals surface area (Å²) >= 11 is 3.62. The van der Waals surface area contributed by atoms with Crippen molar-refractivity contribution in [2.75, 3.05) is 0 Å². The molecule has 2 heteroatoms. The van der Waals surface area contributed by atoms with Gasteiger partial charge in [0.25, 0.3) is 0 Å². The molecule has 1 unspecified atom stereocenters. The fourth-order valence-electron chi connectivity index (χ4n) is 5.60. The molecule has 1 aromatic rings. The first-order valence-corrected chi connectivity index (χ1v) is 9.53. The maximum absolute atomic E-state index is 4.07. The van der Waals surface area contributed by atoms with Crippen molar-refractivity contribution in [2.24, 2.45) is 23.7 Å². The van der Waals surface area contributed by atoms with Gasteiger partial charge in [0, 0.05) is 16.6 Å². The van der Waals surface area contributed by atoms with Crippen LogP contribution >= 0.6 is 15.9 Å². The van der Waals surface area contributed by atoms with Crippen LogP contribution in [-0.2, 0) is 0 Å². The number of nitrogens with one attached hydrogen (secondary N) is 1. The second kappa shape index (κ2) is 5.70. The highest BCUT2D eigenvalue weighted by Crippen LogP contribution is 2.54. The quantitative estimate of drug-likeness (QED) is 0.777.